The number of thiophene rings is 2. The highest BCUT2D eigenvalue weighted by Gasteiger charge is 2.16. The molecule has 0 atom stereocenters. The molecule has 0 aliphatic rings. The Balaban J connectivity index is 1.84. The Morgan fingerprint density at radius 3 is 2.90 bits per heavy atom. The number of carboxylic acid groups (broad SMARTS) is 1. The Bertz CT molecular complexity index is 786. The molecule has 1 aromatic carbocycles. The first kappa shape index (κ1) is 14.1. The first-order valence-corrected chi connectivity index (χ1v) is 8.32. The Kier molecular flexibility index (Phi) is 3.94. The lowest BCUT2D eigenvalue weighted by atomic mass is 10.2. The zero-order valence-corrected chi connectivity index (χ0v) is 13.1. The monoisotopic (exact) mass is 318 g/mol. The van der Waals surface area contributed by atoms with Crippen LogP contribution in [0.3, 0.4) is 0 Å². The maximum Gasteiger partial charge on any atom is 0.349 e. The largest absolute Gasteiger partial charge is 0.487 e. The molecule has 3 aromatic rings. The molecule has 0 saturated heterocycles. The SMILES string of the molecule is CCc1cc(OCc2csc3ccccc23)c(C(=O)O)s1. The molecule has 0 amide bonds. The second-order valence-electron chi connectivity index (χ2n) is 4.61. The topological polar surface area (TPSA) is 46.5 Å². The van der Waals surface area contributed by atoms with E-state index in [4.69, 9.17) is 4.74 Å². The molecule has 0 radical (unpaired) electrons. The summed E-state index contributed by atoms with van der Waals surface area (Å²) >= 11 is 2.96. The molecular weight excluding hydrogens is 304 g/mol. The number of rotatable bonds is 5. The molecule has 21 heavy (non-hydrogen) atoms. The summed E-state index contributed by atoms with van der Waals surface area (Å²) in [5, 5.41) is 12.5. The van der Waals surface area contributed by atoms with E-state index in [1.165, 1.54) is 21.4 Å². The molecule has 3 rings (SSSR count). The summed E-state index contributed by atoms with van der Waals surface area (Å²) in [5.41, 5.74) is 1.09. The van der Waals surface area contributed by atoms with Crippen molar-refractivity contribution >= 4 is 38.7 Å². The van der Waals surface area contributed by atoms with Gasteiger partial charge in [0.25, 0.3) is 0 Å². The van der Waals surface area contributed by atoms with E-state index in [1.807, 2.05) is 25.1 Å². The van der Waals surface area contributed by atoms with E-state index in [9.17, 15) is 9.90 Å². The maximum absolute atomic E-state index is 11.3. The Morgan fingerprint density at radius 1 is 1.33 bits per heavy atom. The van der Waals surface area contributed by atoms with Gasteiger partial charge >= 0.3 is 5.97 Å². The summed E-state index contributed by atoms with van der Waals surface area (Å²) in [6.07, 6.45) is 0.815. The van der Waals surface area contributed by atoms with Crippen molar-refractivity contribution < 1.29 is 14.6 Å². The minimum Gasteiger partial charge on any atom is -0.487 e. The van der Waals surface area contributed by atoms with Crippen LogP contribution in [-0.4, -0.2) is 11.1 Å². The first-order valence-electron chi connectivity index (χ1n) is 6.63. The van der Waals surface area contributed by atoms with E-state index < -0.39 is 5.97 Å². The predicted molar refractivity (Wildman–Crippen MR) is 86.8 cm³/mol. The van der Waals surface area contributed by atoms with Crippen LogP contribution in [0.25, 0.3) is 10.1 Å². The van der Waals surface area contributed by atoms with Crippen molar-refractivity contribution in [2.75, 3.05) is 0 Å². The highest BCUT2D eigenvalue weighted by atomic mass is 32.1. The zero-order chi connectivity index (χ0) is 14.8. The molecule has 0 fully saturated rings. The van der Waals surface area contributed by atoms with E-state index in [2.05, 4.69) is 17.5 Å². The quantitative estimate of drug-likeness (QED) is 0.735. The molecule has 5 heteroatoms. The Labute approximate surface area is 130 Å². The number of carbonyl (C=O) groups is 1. The highest BCUT2D eigenvalue weighted by molar-refractivity contribution is 7.17. The lowest BCUT2D eigenvalue weighted by Crippen LogP contribution is -1.99. The molecule has 3 nitrogen and oxygen atoms in total. The van der Waals surface area contributed by atoms with Crippen LogP contribution in [0.2, 0.25) is 0 Å². The molecule has 0 unspecified atom stereocenters. The average molecular weight is 318 g/mol. The van der Waals surface area contributed by atoms with E-state index in [0.717, 1.165) is 16.9 Å². The van der Waals surface area contributed by atoms with Crippen LogP contribution >= 0.6 is 22.7 Å². The van der Waals surface area contributed by atoms with Crippen molar-refractivity contribution in [2.45, 2.75) is 20.0 Å². The smallest absolute Gasteiger partial charge is 0.349 e. The third-order valence-electron chi connectivity index (χ3n) is 3.24. The lowest BCUT2D eigenvalue weighted by molar-refractivity contribution is 0.0697. The number of hydrogen-bond acceptors (Lipinski definition) is 4. The van der Waals surface area contributed by atoms with Crippen molar-refractivity contribution in [3.8, 4) is 5.75 Å². The van der Waals surface area contributed by atoms with Crippen molar-refractivity contribution in [1.29, 1.82) is 0 Å². The molecule has 0 spiro atoms. The fraction of sp³-hybridized carbons (Fsp3) is 0.188. The van der Waals surface area contributed by atoms with Crippen LogP contribution in [0, 0.1) is 0 Å². The van der Waals surface area contributed by atoms with Gasteiger partial charge < -0.3 is 9.84 Å². The zero-order valence-electron chi connectivity index (χ0n) is 11.5. The normalized spacial score (nSPS) is 10.9. The fourth-order valence-corrected chi connectivity index (χ4v) is 3.98. The van der Waals surface area contributed by atoms with Gasteiger partial charge in [-0.3, -0.25) is 0 Å². The molecule has 0 saturated carbocycles. The Hall–Kier alpha value is -1.85. The van der Waals surface area contributed by atoms with Crippen molar-refractivity contribution in [1.82, 2.24) is 0 Å². The van der Waals surface area contributed by atoms with Crippen LogP contribution in [-0.2, 0) is 13.0 Å². The Morgan fingerprint density at radius 2 is 2.14 bits per heavy atom. The summed E-state index contributed by atoms with van der Waals surface area (Å²) in [5.74, 6) is -0.454. The molecule has 2 heterocycles. The maximum atomic E-state index is 11.3. The van der Waals surface area contributed by atoms with Crippen LogP contribution in [0.4, 0.5) is 0 Å². The third kappa shape index (κ3) is 2.80. The number of carboxylic acids is 1. The van der Waals surface area contributed by atoms with Gasteiger partial charge in [0.15, 0.2) is 4.88 Å². The van der Waals surface area contributed by atoms with Gasteiger partial charge in [0, 0.05) is 15.1 Å². The number of fused-ring (bicyclic) bond motifs is 1. The van der Waals surface area contributed by atoms with Crippen molar-refractivity contribution in [3.05, 3.63) is 51.0 Å². The number of hydrogen-bond donors (Lipinski definition) is 1. The van der Waals surface area contributed by atoms with Gasteiger partial charge in [-0.2, -0.15) is 0 Å². The van der Waals surface area contributed by atoms with Gasteiger partial charge in [-0.05, 0) is 29.3 Å². The average Bonchev–Trinajstić information content (AvgIpc) is 3.09. The molecule has 108 valence electrons. The van der Waals surface area contributed by atoms with E-state index in [0.29, 0.717) is 12.4 Å². The van der Waals surface area contributed by atoms with E-state index in [1.54, 1.807) is 11.3 Å². The summed E-state index contributed by atoms with van der Waals surface area (Å²) < 4.78 is 6.99. The number of ether oxygens (including phenoxy) is 1. The minimum absolute atomic E-state index is 0.284. The van der Waals surface area contributed by atoms with Gasteiger partial charge in [0.05, 0.1) is 0 Å². The summed E-state index contributed by atoms with van der Waals surface area (Å²) in [7, 11) is 0. The van der Waals surface area contributed by atoms with Crippen LogP contribution in [0.5, 0.6) is 5.75 Å². The minimum atomic E-state index is -0.926. The molecule has 0 bridgehead atoms. The van der Waals surface area contributed by atoms with E-state index >= 15 is 0 Å². The van der Waals surface area contributed by atoms with Gasteiger partial charge in [0.1, 0.15) is 12.4 Å². The molecule has 0 aliphatic carbocycles. The van der Waals surface area contributed by atoms with Gasteiger partial charge in [-0.25, -0.2) is 4.79 Å². The van der Waals surface area contributed by atoms with Gasteiger partial charge in [-0.1, -0.05) is 25.1 Å². The van der Waals surface area contributed by atoms with Crippen molar-refractivity contribution in [2.24, 2.45) is 0 Å². The standard InChI is InChI=1S/C16H14O3S2/c1-2-11-7-13(15(21-11)16(17)18)19-8-10-9-20-14-6-4-3-5-12(10)14/h3-7,9H,2,8H2,1H3,(H,17,18). The molecule has 0 aliphatic heterocycles. The number of benzene rings is 1. The van der Waals surface area contributed by atoms with Crippen LogP contribution in [0.15, 0.2) is 35.7 Å². The molecule has 2 aromatic heterocycles. The second-order valence-corrected chi connectivity index (χ2v) is 6.66. The predicted octanol–water partition coefficient (Wildman–Crippen LogP) is 4.80. The third-order valence-corrected chi connectivity index (χ3v) is 5.50. The number of aryl methyl sites for hydroxylation is 1. The lowest BCUT2D eigenvalue weighted by Gasteiger charge is -2.04. The summed E-state index contributed by atoms with van der Waals surface area (Å²) in [6.45, 7) is 2.40. The molecular formula is C16H14O3S2. The summed E-state index contributed by atoms with van der Waals surface area (Å²) in [6, 6.07) is 9.99. The van der Waals surface area contributed by atoms with Gasteiger partial charge in [-0.15, -0.1) is 22.7 Å². The fourth-order valence-electron chi connectivity index (χ4n) is 2.15. The first-order chi connectivity index (χ1) is 10.2. The van der Waals surface area contributed by atoms with Crippen molar-refractivity contribution in [3.63, 3.8) is 0 Å². The summed E-state index contributed by atoms with van der Waals surface area (Å²) in [4.78, 5) is 12.6. The van der Waals surface area contributed by atoms with Crippen LogP contribution < -0.4 is 4.74 Å². The van der Waals surface area contributed by atoms with Gasteiger partial charge in [0.2, 0.25) is 0 Å². The number of aromatic carboxylic acids is 1. The van der Waals surface area contributed by atoms with E-state index in [-0.39, 0.29) is 4.88 Å². The highest BCUT2D eigenvalue weighted by Crippen LogP contribution is 2.32. The van der Waals surface area contributed by atoms with Crippen LogP contribution in [0.1, 0.15) is 27.0 Å². The second kappa shape index (κ2) is 5.87. The molecule has 1 N–H and O–H groups in total.